The SMILES string of the molecule is Cc1ccc(C(C)NCC(=O)NCc2ccccc2)o1. The number of benzene rings is 1. The maximum atomic E-state index is 11.8. The Morgan fingerprint density at radius 3 is 2.60 bits per heavy atom. The lowest BCUT2D eigenvalue weighted by molar-refractivity contribution is -0.120. The highest BCUT2D eigenvalue weighted by atomic mass is 16.3. The van der Waals surface area contributed by atoms with Gasteiger partial charge in [-0.1, -0.05) is 30.3 Å². The second kappa shape index (κ2) is 6.91. The summed E-state index contributed by atoms with van der Waals surface area (Å²) < 4.78 is 5.51. The fourth-order valence-electron chi connectivity index (χ4n) is 1.89. The van der Waals surface area contributed by atoms with Gasteiger partial charge in [-0.2, -0.15) is 0 Å². The molecule has 1 heterocycles. The van der Waals surface area contributed by atoms with Gasteiger partial charge in [-0.15, -0.1) is 0 Å². The van der Waals surface area contributed by atoms with E-state index in [-0.39, 0.29) is 18.5 Å². The van der Waals surface area contributed by atoms with Gasteiger partial charge < -0.3 is 9.73 Å². The van der Waals surface area contributed by atoms with Crippen molar-refractivity contribution in [3.05, 3.63) is 59.5 Å². The number of hydrogen-bond acceptors (Lipinski definition) is 3. The molecule has 2 N–H and O–H groups in total. The standard InChI is InChI=1S/C16H20N2O2/c1-12-8-9-15(20-12)13(2)17-11-16(19)18-10-14-6-4-3-5-7-14/h3-9,13,17H,10-11H2,1-2H3,(H,18,19). The van der Waals surface area contributed by atoms with Gasteiger partial charge in [-0.3, -0.25) is 10.1 Å². The summed E-state index contributed by atoms with van der Waals surface area (Å²) in [5.74, 6) is 1.70. The number of furan rings is 1. The molecule has 0 spiro atoms. The molecule has 1 atom stereocenters. The lowest BCUT2D eigenvalue weighted by atomic mass is 10.2. The van der Waals surface area contributed by atoms with Gasteiger partial charge in [0.1, 0.15) is 11.5 Å². The molecule has 0 aliphatic heterocycles. The predicted molar refractivity (Wildman–Crippen MR) is 78.2 cm³/mol. The quantitative estimate of drug-likeness (QED) is 0.849. The molecule has 4 nitrogen and oxygen atoms in total. The van der Waals surface area contributed by atoms with Crippen LogP contribution in [0.2, 0.25) is 0 Å². The third-order valence-corrected chi connectivity index (χ3v) is 3.09. The summed E-state index contributed by atoms with van der Waals surface area (Å²) in [6.07, 6.45) is 0. The Hall–Kier alpha value is -2.07. The second-order valence-corrected chi connectivity index (χ2v) is 4.81. The Labute approximate surface area is 119 Å². The number of carbonyl (C=O) groups is 1. The molecule has 20 heavy (non-hydrogen) atoms. The van der Waals surface area contributed by atoms with Gasteiger partial charge >= 0.3 is 0 Å². The molecule has 1 unspecified atom stereocenters. The van der Waals surface area contributed by atoms with Crippen LogP contribution in [-0.2, 0) is 11.3 Å². The lowest BCUT2D eigenvalue weighted by Crippen LogP contribution is -2.34. The lowest BCUT2D eigenvalue weighted by Gasteiger charge is -2.11. The molecular weight excluding hydrogens is 252 g/mol. The zero-order chi connectivity index (χ0) is 14.4. The van der Waals surface area contributed by atoms with Crippen molar-refractivity contribution in [2.24, 2.45) is 0 Å². The van der Waals surface area contributed by atoms with Crippen LogP contribution in [0, 0.1) is 6.92 Å². The molecule has 4 heteroatoms. The van der Waals surface area contributed by atoms with Gasteiger partial charge in [0.05, 0.1) is 12.6 Å². The van der Waals surface area contributed by atoms with E-state index in [4.69, 9.17) is 4.42 Å². The molecule has 2 aromatic rings. The molecule has 1 amide bonds. The van der Waals surface area contributed by atoms with E-state index in [9.17, 15) is 4.79 Å². The van der Waals surface area contributed by atoms with Crippen LogP contribution >= 0.6 is 0 Å². The topological polar surface area (TPSA) is 54.3 Å². The fraction of sp³-hybridized carbons (Fsp3) is 0.312. The molecule has 0 aliphatic rings. The van der Waals surface area contributed by atoms with Crippen LogP contribution in [0.3, 0.4) is 0 Å². The molecule has 2 rings (SSSR count). The number of hydrogen-bond donors (Lipinski definition) is 2. The Morgan fingerprint density at radius 2 is 1.95 bits per heavy atom. The van der Waals surface area contributed by atoms with Crippen molar-refractivity contribution in [1.29, 1.82) is 0 Å². The van der Waals surface area contributed by atoms with Crippen LogP contribution in [0.15, 0.2) is 46.9 Å². The van der Waals surface area contributed by atoms with Crippen molar-refractivity contribution in [2.75, 3.05) is 6.54 Å². The van der Waals surface area contributed by atoms with Crippen molar-refractivity contribution in [3.63, 3.8) is 0 Å². The predicted octanol–water partition coefficient (Wildman–Crippen LogP) is 2.56. The average molecular weight is 272 g/mol. The molecule has 0 fully saturated rings. The molecule has 1 aromatic carbocycles. The first kappa shape index (κ1) is 14.3. The Morgan fingerprint density at radius 1 is 1.20 bits per heavy atom. The number of aryl methyl sites for hydroxylation is 1. The summed E-state index contributed by atoms with van der Waals surface area (Å²) in [7, 11) is 0. The second-order valence-electron chi connectivity index (χ2n) is 4.81. The van der Waals surface area contributed by atoms with E-state index in [0.29, 0.717) is 6.54 Å². The molecular formula is C16H20N2O2. The minimum absolute atomic E-state index is 0.0196. The number of amides is 1. The van der Waals surface area contributed by atoms with E-state index in [1.165, 1.54) is 0 Å². The zero-order valence-corrected chi connectivity index (χ0v) is 11.8. The van der Waals surface area contributed by atoms with Crippen molar-refractivity contribution >= 4 is 5.91 Å². The van der Waals surface area contributed by atoms with E-state index in [2.05, 4.69) is 10.6 Å². The molecule has 106 valence electrons. The van der Waals surface area contributed by atoms with Gasteiger partial charge in [0.25, 0.3) is 0 Å². The van der Waals surface area contributed by atoms with Crippen LogP contribution in [-0.4, -0.2) is 12.5 Å². The van der Waals surface area contributed by atoms with Crippen molar-refractivity contribution in [2.45, 2.75) is 26.4 Å². The third-order valence-electron chi connectivity index (χ3n) is 3.09. The maximum Gasteiger partial charge on any atom is 0.234 e. The maximum absolute atomic E-state index is 11.8. The first-order valence-electron chi connectivity index (χ1n) is 6.75. The largest absolute Gasteiger partial charge is 0.465 e. The Kier molecular flexibility index (Phi) is 4.96. The minimum atomic E-state index is -0.0241. The Balaban J connectivity index is 1.72. The normalized spacial score (nSPS) is 12.1. The average Bonchev–Trinajstić information content (AvgIpc) is 2.90. The molecule has 0 saturated carbocycles. The van der Waals surface area contributed by atoms with E-state index in [0.717, 1.165) is 17.1 Å². The van der Waals surface area contributed by atoms with Crippen LogP contribution in [0.4, 0.5) is 0 Å². The number of nitrogens with one attached hydrogen (secondary N) is 2. The Bertz CT molecular complexity index is 549. The first-order chi connectivity index (χ1) is 9.65. The molecule has 0 bridgehead atoms. The molecule has 1 aromatic heterocycles. The van der Waals surface area contributed by atoms with Crippen LogP contribution in [0.1, 0.15) is 30.0 Å². The first-order valence-corrected chi connectivity index (χ1v) is 6.75. The zero-order valence-electron chi connectivity index (χ0n) is 11.8. The highest BCUT2D eigenvalue weighted by Gasteiger charge is 2.10. The monoisotopic (exact) mass is 272 g/mol. The van der Waals surface area contributed by atoms with Crippen molar-refractivity contribution < 1.29 is 9.21 Å². The van der Waals surface area contributed by atoms with Crippen molar-refractivity contribution in [1.82, 2.24) is 10.6 Å². The summed E-state index contributed by atoms with van der Waals surface area (Å²) in [5.41, 5.74) is 1.09. The summed E-state index contributed by atoms with van der Waals surface area (Å²) >= 11 is 0. The molecule has 0 aliphatic carbocycles. The van der Waals surface area contributed by atoms with E-state index in [1.807, 2.05) is 56.3 Å². The van der Waals surface area contributed by atoms with Gasteiger partial charge in [-0.25, -0.2) is 0 Å². The minimum Gasteiger partial charge on any atom is -0.465 e. The van der Waals surface area contributed by atoms with Gasteiger partial charge in [0, 0.05) is 6.54 Å². The number of carbonyl (C=O) groups excluding carboxylic acids is 1. The van der Waals surface area contributed by atoms with E-state index >= 15 is 0 Å². The summed E-state index contributed by atoms with van der Waals surface area (Å²) in [5, 5.41) is 6.02. The molecule has 0 radical (unpaired) electrons. The number of rotatable bonds is 6. The smallest absolute Gasteiger partial charge is 0.234 e. The fourth-order valence-corrected chi connectivity index (χ4v) is 1.89. The van der Waals surface area contributed by atoms with Gasteiger partial charge in [0.15, 0.2) is 0 Å². The highest BCUT2D eigenvalue weighted by Crippen LogP contribution is 2.14. The third kappa shape index (κ3) is 4.24. The van der Waals surface area contributed by atoms with Crippen LogP contribution in [0.5, 0.6) is 0 Å². The van der Waals surface area contributed by atoms with Gasteiger partial charge in [-0.05, 0) is 31.5 Å². The summed E-state index contributed by atoms with van der Waals surface area (Å²) in [6.45, 7) is 4.70. The summed E-state index contributed by atoms with van der Waals surface area (Å²) in [6, 6.07) is 13.7. The van der Waals surface area contributed by atoms with E-state index < -0.39 is 0 Å². The summed E-state index contributed by atoms with van der Waals surface area (Å²) in [4.78, 5) is 11.8. The van der Waals surface area contributed by atoms with E-state index in [1.54, 1.807) is 0 Å². The van der Waals surface area contributed by atoms with Gasteiger partial charge in [0.2, 0.25) is 5.91 Å². The highest BCUT2D eigenvalue weighted by molar-refractivity contribution is 5.78. The molecule has 0 saturated heterocycles. The van der Waals surface area contributed by atoms with Crippen LogP contribution in [0.25, 0.3) is 0 Å². The van der Waals surface area contributed by atoms with Crippen LogP contribution < -0.4 is 10.6 Å². The van der Waals surface area contributed by atoms with Crippen molar-refractivity contribution in [3.8, 4) is 0 Å².